The Morgan fingerprint density at radius 2 is 1.04 bits per heavy atom. The van der Waals surface area contributed by atoms with Crippen LogP contribution in [-0.2, 0) is 14.4 Å². The molecule has 0 fully saturated rings. The molecule has 7 aromatic rings. The maximum Gasteiger partial charge on any atom is 0.329 e. The van der Waals surface area contributed by atoms with Crippen molar-refractivity contribution in [3.05, 3.63) is 173 Å². The number of nitrogens with zero attached hydrogens (tertiary/aromatic N) is 4. The first-order valence-corrected chi connectivity index (χ1v) is 27.7. The van der Waals surface area contributed by atoms with Crippen molar-refractivity contribution >= 4 is 92.7 Å². The minimum Gasteiger partial charge on any atom is -0.493 e. The van der Waals surface area contributed by atoms with Crippen molar-refractivity contribution in [1.29, 1.82) is 5.26 Å². The molecule has 6 aromatic carbocycles. The fraction of sp³-hybridized carbons (Fsp3) is 0.207. The van der Waals surface area contributed by atoms with Gasteiger partial charge >= 0.3 is 11.9 Å². The molecule has 23 heteroatoms. The fourth-order valence-electron chi connectivity index (χ4n) is 6.90. The summed E-state index contributed by atoms with van der Waals surface area (Å²) in [5, 5.41) is 35.0. The average molecular weight is 1170 g/mol. The van der Waals surface area contributed by atoms with Gasteiger partial charge in [0.2, 0.25) is 17.4 Å². The van der Waals surface area contributed by atoms with E-state index >= 15 is 0 Å². The van der Waals surface area contributed by atoms with Crippen LogP contribution >= 0.6 is 47.5 Å². The molecule has 0 saturated carbocycles. The van der Waals surface area contributed by atoms with Gasteiger partial charge in [-0.1, -0.05) is 109 Å². The average Bonchev–Trinajstić information content (AvgIpc) is 4.36. The minimum atomic E-state index is -1.00. The van der Waals surface area contributed by atoms with E-state index < -0.39 is 30.1 Å². The highest BCUT2D eigenvalue weighted by Gasteiger charge is 2.27. The van der Waals surface area contributed by atoms with E-state index in [1.807, 2.05) is 115 Å². The van der Waals surface area contributed by atoms with E-state index in [2.05, 4.69) is 38.2 Å². The predicted molar refractivity (Wildman–Crippen MR) is 323 cm³/mol. The van der Waals surface area contributed by atoms with Gasteiger partial charge in [-0.3, -0.25) is 24.4 Å². The number of aliphatic carboxylic acids is 2. The van der Waals surface area contributed by atoms with Gasteiger partial charge in [-0.15, -0.1) is 34.9 Å². The topological polar surface area (TPSA) is 276 Å². The Labute approximate surface area is 487 Å². The van der Waals surface area contributed by atoms with E-state index in [4.69, 9.17) is 49.6 Å². The van der Waals surface area contributed by atoms with Gasteiger partial charge in [-0.2, -0.15) is 17.9 Å². The molecule has 81 heavy (non-hydrogen) atoms. The summed E-state index contributed by atoms with van der Waals surface area (Å²) >= 11 is 8.16. The number of carbonyl (C=O) groups is 4. The largest absolute Gasteiger partial charge is 0.493 e. The number of thiazole rings is 1. The van der Waals surface area contributed by atoms with Crippen molar-refractivity contribution in [3.63, 3.8) is 0 Å². The van der Waals surface area contributed by atoms with Crippen LogP contribution in [0.4, 0.5) is 11.4 Å². The second kappa shape index (κ2) is 33.2. The summed E-state index contributed by atoms with van der Waals surface area (Å²) in [5.74, 6) is 1.86. The molecule has 0 aliphatic carbocycles. The molecule has 0 saturated heterocycles. The van der Waals surface area contributed by atoms with Crippen LogP contribution in [0.3, 0.4) is 0 Å². The number of carbonyl (C=O) groups excluding carboxylic acids is 2. The summed E-state index contributed by atoms with van der Waals surface area (Å²) < 4.78 is 31.8. The molecule has 2 aliphatic rings. The third-order valence-electron chi connectivity index (χ3n) is 11.0. The van der Waals surface area contributed by atoms with E-state index in [0.717, 1.165) is 31.8 Å². The molecular weight excluding hydrogens is 1110 g/mol. The number of carboxylic acid groups (broad SMARTS) is 2. The van der Waals surface area contributed by atoms with Crippen LogP contribution < -0.4 is 44.8 Å². The molecule has 2 amide bonds. The van der Waals surface area contributed by atoms with Crippen LogP contribution in [0.25, 0.3) is 10.6 Å². The van der Waals surface area contributed by atoms with E-state index in [-0.39, 0.29) is 17.6 Å². The highest BCUT2D eigenvalue weighted by Crippen LogP contribution is 2.41. The van der Waals surface area contributed by atoms with Gasteiger partial charge in [0, 0.05) is 75.0 Å². The highest BCUT2D eigenvalue weighted by molar-refractivity contribution is 8.15. The number of carboxylic acids is 2. The Kier molecular flexibility index (Phi) is 25.9. The molecular formula is C58H59N7O12S4. The number of anilines is 2. The highest BCUT2D eigenvalue weighted by atomic mass is 32.2. The molecule has 1 aromatic heterocycles. The predicted octanol–water partition coefficient (Wildman–Crippen LogP) is 9.82. The summed E-state index contributed by atoms with van der Waals surface area (Å²) in [7, 11) is 9.18. The molecule has 3 unspecified atom stereocenters. The second-order valence-electron chi connectivity index (χ2n) is 16.4. The monoisotopic (exact) mass is 1170 g/mol. The Morgan fingerprint density at radius 1 is 0.630 bits per heavy atom. The lowest BCUT2D eigenvalue weighted by Gasteiger charge is -2.15. The van der Waals surface area contributed by atoms with Crippen LogP contribution in [0.5, 0.6) is 34.5 Å². The number of nitriles is 1. The number of amides is 2. The van der Waals surface area contributed by atoms with Crippen LogP contribution in [-0.4, -0.2) is 127 Å². The van der Waals surface area contributed by atoms with Crippen molar-refractivity contribution in [2.75, 3.05) is 70.6 Å². The van der Waals surface area contributed by atoms with Crippen molar-refractivity contribution in [3.8, 4) is 51.1 Å². The summed E-state index contributed by atoms with van der Waals surface area (Å²) in [4.78, 5) is 58.7. The second-order valence-corrected chi connectivity index (χ2v) is 19.6. The molecule has 6 N–H and O–H groups in total. The number of hydrogen-bond acceptors (Lipinski definition) is 19. The van der Waals surface area contributed by atoms with Gasteiger partial charge in [0.05, 0.1) is 64.4 Å². The number of rotatable bonds is 16. The molecule has 0 radical (unpaired) electrons. The normalized spacial score (nSPS) is 13.9. The lowest BCUT2D eigenvalue weighted by atomic mass is 10.2. The van der Waals surface area contributed by atoms with Crippen molar-refractivity contribution < 1.29 is 57.8 Å². The smallest absolute Gasteiger partial charge is 0.329 e. The molecule has 2 aliphatic heterocycles. The van der Waals surface area contributed by atoms with Crippen LogP contribution in [0.15, 0.2) is 161 Å². The number of thioether (sulfide) groups is 2. The maximum absolute atomic E-state index is 12.6. The molecule has 0 bridgehead atoms. The Morgan fingerprint density at radius 3 is 1.40 bits per heavy atom. The van der Waals surface area contributed by atoms with Crippen molar-refractivity contribution in [2.45, 2.75) is 18.1 Å². The van der Waals surface area contributed by atoms with E-state index in [9.17, 15) is 19.2 Å². The number of aliphatic imine (C=N–C) groups is 2. The van der Waals surface area contributed by atoms with Gasteiger partial charge in [-0.05, 0) is 12.1 Å². The zero-order chi connectivity index (χ0) is 58.7. The summed E-state index contributed by atoms with van der Waals surface area (Å²) in [5.41, 5.74) is 10.1. The van der Waals surface area contributed by atoms with Gasteiger partial charge in [0.25, 0.3) is 5.91 Å². The van der Waals surface area contributed by atoms with Gasteiger partial charge in [-0.25, -0.2) is 9.78 Å². The molecule has 0 spiro atoms. The molecule has 422 valence electrons. The number of aromatic nitrogens is 1. The van der Waals surface area contributed by atoms with Crippen molar-refractivity contribution in [1.82, 2.24) is 4.98 Å². The van der Waals surface area contributed by atoms with Gasteiger partial charge in [0.15, 0.2) is 29.0 Å². The first kappa shape index (κ1) is 63.3. The summed E-state index contributed by atoms with van der Waals surface area (Å²) in [6.07, 6.45) is 0. The van der Waals surface area contributed by atoms with Gasteiger partial charge < -0.3 is 55.0 Å². The van der Waals surface area contributed by atoms with Crippen molar-refractivity contribution in [2.24, 2.45) is 15.7 Å². The van der Waals surface area contributed by atoms with Crippen LogP contribution in [0, 0.1) is 11.3 Å². The number of nitrogens with two attached hydrogens (primary N) is 1. The maximum atomic E-state index is 12.6. The Hall–Kier alpha value is -8.53. The zero-order valence-corrected chi connectivity index (χ0v) is 48.1. The zero-order valence-electron chi connectivity index (χ0n) is 44.8. The summed E-state index contributed by atoms with van der Waals surface area (Å²) in [6, 6.07) is 45.3. The molecule has 9 rings (SSSR count). The number of benzene rings is 6. The first-order chi connectivity index (χ1) is 39.2. The number of hydrogen-bond donors (Lipinski definition) is 6. The third kappa shape index (κ3) is 19.1. The molecule has 3 atom stereocenters. The summed E-state index contributed by atoms with van der Waals surface area (Å²) in [6.45, 7) is 0. The van der Waals surface area contributed by atoms with E-state index in [1.54, 1.807) is 53.5 Å². The SMILES string of the molecule is COc1cc(NC(=O)C2CSC(c3ccccc3)=N2)cc(OC)c1OC.COc1cc(NC(=O)c2csc(-c3ccccc3)n2)cc(OC)c1OC.N#Cc1ccccc1.NC(CS)C(=O)O.O=C(O)C1CSC(c2ccccc2)=N1. The minimum absolute atomic E-state index is 0.169. The standard InChI is InChI=1S/C19H20N2O4S.C19H18N2O4S.C10H9NO2S.C7H5N.C3H7NO2S/c2*1-23-15-9-13(10-16(24-2)17(15)25-3)20-18(22)14-11-26-19(21-14)12-7-5-4-6-8-12;12-10(13)8-6-14-9(11-8)7-4-2-1-3-5-7;8-6-7-4-2-1-3-5-7;4-2(1-7)3(5)6/h4-10,14H,11H2,1-3H3,(H,20,22);4-11H,1-3H3,(H,20,22);1-5,8H,6H2,(H,12,13);1-5H;2,7H,1,4H2,(H,5,6). The van der Waals surface area contributed by atoms with Gasteiger partial charge in [0.1, 0.15) is 22.8 Å². The number of thiol groups is 1. The third-order valence-corrected chi connectivity index (χ3v) is 14.4. The lowest BCUT2D eigenvalue weighted by molar-refractivity contribution is -0.138. The lowest BCUT2D eigenvalue weighted by Crippen LogP contribution is -2.31. The Balaban J connectivity index is 0.000000203. The number of ether oxygens (including phenoxy) is 6. The molecule has 3 heterocycles. The van der Waals surface area contributed by atoms with Crippen LogP contribution in [0.2, 0.25) is 0 Å². The Bertz CT molecular complexity index is 3230. The first-order valence-electron chi connectivity index (χ1n) is 24.2. The van der Waals surface area contributed by atoms with E-state index in [1.165, 1.54) is 65.8 Å². The van der Waals surface area contributed by atoms with Crippen LogP contribution in [0.1, 0.15) is 27.2 Å². The molecule has 19 nitrogen and oxygen atoms in total. The van der Waals surface area contributed by atoms with E-state index in [0.29, 0.717) is 68.6 Å². The number of nitrogens with one attached hydrogen (secondary N) is 2. The number of methoxy groups -OCH3 is 6. The quantitative estimate of drug-likeness (QED) is 0.0491. The fourth-order valence-corrected chi connectivity index (χ4v) is 9.94.